The average molecular weight is 450 g/mol. The second-order valence-corrected chi connectivity index (χ2v) is 8.19. The van der Waals surface area contributed by atoms with Crippen molar-refractivity contribution in [1.29, 1.82) is 0 Å². The van der Waals surface area contributed by atoms with Gasteiger partial charge in [0.05, 0.1) is 28.4 Å². The molecule has 0 saturated heterocycles. The standard InChI is InChI=1S/C19H17BrNO.CH4O3S/c1-21-12-17(14-7-4-3-5-8-14)19(22-2)18(13-21)15-9-6-10-16(20)11-15;1-5(2,3)4/h3-13H,1-2H3;1H3,(H,2,3,4)/q+1;/p-1. The number of halogens is 1. The lowest BCUT2D eigenvalue weighted by atomic mass is 10.00. The van der Waals surface area contributed by atoms with Gasteiger partial charge in [-0.05, 0) is 23.3 Å². The first kappa shape index (κ1) is 21.1. The fourth-order valence-electron chi connectivity index (χ4n) is 2.61. The third kappa shape index (κ3) is 6.46. The van der Waals surface area contributed by atoms with Crippen LogP contribution < -0.4 is 9.30 Å². The van der Waals surface area contributed by atoms with Crippen LogP contribution in [0.5, 0.6) is 5.75 Å². The van der Waals surface area contributed by atoms with Gasteiger partial charge in [-0.1, -0.05) is 58.4 Å². The van der Waals surface area contributed by atoms with E-state index in [1.54, 1.807) is 7.11 Å². The van der Waals surface area contributed by atoms with E-state index in [0.717, 1.165) is 32.5 Å². The van der Waals surface area contributed by atoms with Crippen LogP contribution in [0.2, 0.25) is 0 Å². The highest BCUT2D eigenvalue weighted by molar-refractivity contribution is 9.10. The monoisotopic (exact) mass is 449 g/mol. The van der Waals surface area contributed by atoms with Crippen LogP contribution in [0.15, 0.2) is 71.5 Å². The van der Waals surface area contributed by atoms with Crippen LogP contribution >= 0.6 is 15.9 Å². The van der Waals surface area contributed by atoms with E-state index >= 15 is 0 Å². The largest absolute Gasteiger partial charge is 0.748 e. The summed E-state index contributed by atoms with van der Waals surface area (Å²) in [6.07, 6.45) is 4.79. The normalized spacial score (nSPS) is 10.7. The molecule has 0 amide bonds. The van der Waals surface area contributed by atoms with Crippen molar-refractivity contribution in [1.82, 2.24) is 0 Å². The van der Waals surface area contributed by atoms with Crippen LogP contribution in [0.25, 0.3) is 22.3 Å². The van der Waals surface area contributed by atoms with Gasteiger partial charge in [-0.15, -0.1) is 0 Å². The minimum atomic E-state index is -3.92. The highest BCUT2D eigenvalue weighted by Crippen LogP contribution is 2.37. The Balaban J connectivity index is 0.000000465. The SMILES string of the molecule is COc1c(-c2ccccc2)c[n+](C)cc1-c1cccc(Br)c1.CS(=O)(=O)[O-]. The molecular formula is C20H20BrNO4S. The number of ether oxygens (including phenoxy) is 1. The summed E-state index contributed by atoms with van der Waals surface area (Å²) in [5.74, 6) is 0.891. The molecule has 0 atom stereocenters. The number of methoxy groups -OCH3 is 1. The summed E-state index contributed by atoms with van der Waals surface area (Å²) in [5.41, 5.74) is 4.43. The van der Waals surface area contributed by atoms with Crippen molar-refractivity contribution in [3.8, 4) is 28.0 Å². The molecule has 0 fully saturated rings. The van der Waals surface area contributed by atoms with E-state index in [-0.39, 0.29) is 0 Å². The molecule has 27 heavy (non-hydrogen) atoms. The summed E-state index contributed by atoms with van der Waals surface area (Å²) < 4.78 is 36.1. The molecule has 0 radical (unpaired) electrons. The summed E-state index contributed by atoms with van der Waals surface area (Å²) in [5, 5.41) is 0. The van der Waals surface area contributed by atoms with Gasteiger partial charge in [-0.2, -0.15) is 0 Å². The van der Waals surface area contributed by atoms with Crippen molar-refractivity contribution in [2.24, 2.45) is 7.05 Å². The molecule has 0 unspecified atom stereocenters. The Hall–Kier alpha value is -2.22. The van der Waals surface area contributed by atoms with Gasteiger partial charge in [0, 0.05) is 10.7 Å². The third-order valence-corrected chi connectivity index (χ3v) is 4.07. The van der Waals surface area contributed by atoms with Crippen LogP contribution in [0.3, 0.4) is 0 Å². The lowest BCUT2D eigenvalue weighted by Gasteiger charge is -2.12. The fourth-order valence-corrected chi connectivity index (χ4v) is 3.01. The van der Waals surface area contributed by atoms with Crippen LogP contribution in [0, 0.1) is 0 Å². The van der Waals surface area contributed by atoms with E-state index in [4.69, 9.17) is 17.7 Å². The smallest absolute Gasteiger partial charge is 0.180 e. The number of hydrogen-bond acceptors (Lipinski definition) is 4. The minimum Gasteiger partial charge on any atom is -0.748 e. The molecule has 142 valence electrons. The summed E-state index contributed by atoms with van der Waals surface area (Å²) in [6, 6.07) is 18.6. The predicted molar refractivity (Wildman–Crippen MR) is 108 cm³/mol. The van der Waals surface area contributed by atoms with Crippen molar-refractivity contribution in [3.05, 3.63) is 71.5 Å². The zero-order chi connectivity index (χ0) is 20.0. The number of rotatable bonds is 3. The number of aromatic nitrogens is 1. The summed E-state index contributed by atoms with van der Waals surface area (Å²) in [4.78, 5) is 0. The highest BCUT2D eigenvalue weighted by atomic mass is 79.9. The number of nitrogens with zero attached hydrogens (tertiary/aromatic N) is 1. The molecule has 7 heteroatoms. The number of benzene rings is 2. The molecule has 0 aliphatic rings. The topological polar surface area (TPSA) is 70.3 Å². The first-order valence-corrected chi connectivity index (χ1v) is 10.6. The van der Waals surface area contributed by atoms with Gasteiger partial charge in [0.1, 0.15) is 12.8 Å². The van der Waals surface area contributed by atoms with Crippen molar-refractivity contribution in [2.75, 3.05) is 13.4 Å². The Morgan fingerprint density at radius 3 is 2.00 bits per heavy atom. The van der Waals surface area contributed by atoms with Crippen molar-refractivity contribution in [3.63, 3.8) is 0 Å². The molecule has 1 aromatic heterocycles. The molecule has 0 spiro atoms. The lowest BCUT2D eigenvalue weighted by Crippen LogP contribution is -2.27. The highest BCUT2D eigenvalue weighted by Gasteiger charge is 2.18. The van der Waals surface area contributed by atoms with Gasteiger partial charge in [0.2, 0.25) is 0 Å². The Morgan fingerprint density at radius 1 is 0.963 bits per heavy atom. The van der Waals surface area contributed by atoms with E-state index in [2.05, 4.69) is 57.2 Å². The van der Waals surface area contributed by atoms with E-state index in [1.165, 1.54) is 0 Å². The number of aryl methyl sites for hydroxylation is 1. The minimum absolute atomic E-state index is 0.604. The molecule has 0 aliphatic carbocycles. The first-order chi connectivity index (χ1) is 12.7. The molecule has 5 nitrogen and oxygen atoms in total. The van der Waals surface area contributed by atoms with Crippen molar-refractivity contribution < 1.29 is 22.3 Å². The molecular weight excluding hydrogens is 430 g/mol. The quantitative estimate of drug-likeness (QED) is 0.450. The number of pyridine rings is 1. The lowest BCUT2D eigenvalue weighted by molar-refractivity contribution is -0.670. The Labute approximate surface area is 168 Å². The average Bonchev–Trinajstić information content (AvgIpc) is 2.60. The Morgan fingerprint density at radius 2 is 1.48 bits per heavy atom. The molecule has 0 N–H and O–H groups in total. The Kier molecular flexibility index (Phi) is 7.12. The second-order valence-electron chi connectivity index (χ2n) is 5.86. The van der Waals surface area contributed by atoms with Gasteiger partial charge < -0.3 is 9.29 Å². The first-order valence-electron chi connectivity index (χ1n) is 7.98. The summed E-state index contributed by atoms with van der Waals surface area (Å²) >= 11 is 3.54. The van der Waals surface area contributed by atoms with Crippen LogP contribution in [0.4, 0.5) is 0 Å². The van der Waals surface area contributed by atoms with Crippen LogP contribution in [-0.2, 0) is 17.2 Å². The van der Waals surface area contributed by atoms with Gasteiger partial charge in [0.25, 0.3) is 0 Å². The zero-order valence-corrected chi connectivity index (χ0v) is 17.6. The van der Waals surface area contributed by atoms with Crippen molar-refractivity contribution >= 4 is 26.0 Å². The Bertz CT molecular complexity index is 1010. The predicted octanol–water partition coefficient (Wildman–Crippen LogP) is 3.78. The molecule has 0 saturated carbocycles. The molecule has 3 rings (SSSR count). The maximum absolute atomic E-state index is 9.08. The third-order valence-electron chi connectivity index (χ3n) is 3.58. The van der Waals surface area contributed by atoms with Gasteiger partial charge >= 0.3 is 0 Å². The van der Waals surface area contributed by atoms with Crippen LogP contribution in [0.1, 0.15) is 0 Å². The second kappa shape index (κ2) is 9.12. The maximum Gasteiger partial charge on any atom is 0.180 e. The van der Waals surface area contributed by atoms with E-state index in [9.17, 15) is 0 Å². The van der Waals surface area contributed by atoms with E-state index in [0.29, 0.717) is 6.26 Å². The molecule has 3 aromatic rings. The summed E-state index contributed by atoms with van der Waals surface area (Å²) in [6.45, 7) is 0. The van der Waals surface area contributed by atoms with Crippen molar-refractivity contribution in [2.45, 2.75) is 0 Å². The van der Waals surface area contributed by atoms with E-state index < -0.39 is 10.1 Å². The van der Waals surface area contributed by atoms with Gasteiger partial charge in [-0.25, -0.2) is 13.0 Å². The zero-order valence-electron chi connectivity index (χ0n) is 15.2. The summed E-state index contributed by atoms with van der Waals surface area (Å²) in [7, 11) is -0.156. The van der Waals surface area contributed by atoms with Gasteiger partial charge in [0.15, 0.2) is 12.4 Å². The number of hydrogen-bond donors (Lipinski definition) is 0. The van der Waals surface area contributed by atoms with Crippen LogP contribution in [-0.4, -0.2) is 26.3 Å². The van der Waals surface area contributed by atoms with Gasteiger partial charge in [-0.3, -0.25) is 0 Å². The molecule has 1 heterocycles. The fraction of sp³-hybridized carbons (Fsp3) is 0.150. The maximum atomic E-state index is 9.08. The van der Waals surface area contributed by atoms with E-state index in [1.807, 2.05) is 37.4 Å². The molecule has 0 aliphatic heterocycles. The molecule has 2 aromatic carbocycles. The molecule has 0 bridgehead atoms.